The van der Waals surface area contributed by atoms with Gasteiger partial charge in [-0.25, -0.2) is 4.68 Å². The van der Waals surface area contributed by atoms with Crippen molar-refractivity contribution in [1.29, 1.82) is 0 Å². The van der Waals surface area contributed by atoms with E-state index in [2.05, 4.69) is 65.5 Å². The molecule has 0 bridgehead atoms. The van der Waals surface area contributed by atoms with Crippen LogP contribution in [0.5, 0.6) is 5.75 Å². The predicted octanol–water partition coefficient (Wildman–Crippen LogP) is 2.40. The average Bonchev–Trinajstić information content (AvgIpc) is 3.34. The number of H-pyrrole nitrogens is 1. The van der Waals surface area contributed by atoms with Crippen LogP contribution in [0.1, 0.15) is 55.7 Å². The number of pyridine rings is 1. The Kier molecular flexibility index (Phi) is 5.69. The van der Waals surface area contributed by atoms with E-state index in [0.717, 1.165) is 42.7 Å². The molecule has 8 nitrogen and oxygen atoms in total. The summed E-state index contributed by atoms with van der Waals surface area (Å²) in [5, 5.41) is 13.9. The molecule has 34 heavy (non-hydrogen) atoms. The lowest BCUT2D eigenvalue weighted by atomic mass is 9.95. The molecule has 0 fully saturated rings. The topological polar surface area (TPSA) is 90.1 Å². The summed E-state index contributed by atoms with van der Waals surface area (Å²) < 4.78 is 7.24. The fourth-order valence-electron chi connectivity index (χ4n) is 4.88. The number of quaternary nitrogens is 1. The number of nitrogens with one attached hydrogen (secondary N) is 2. The van der Waals surface area contributed by atoms with E-state index >= 15 is 0 Å². The summed E-state index contributed by atoms with van der Waals surface area (Å²) in [6.07, 6.45) is 1.81. The molecule has 0 spiro atoms. The van der Waals surface area contributed by atoms with Crippen LogP contribution in [0.3, 0.4) is 0 Å². The molecular weight excluding hydrogens is 428 g/mol. The lowest BCUT2D eigenvalue weighted by Gasteiger charge is -2.33. The number of tetrazole rings is 1. The van der Waals surface area contributed by atoms with Crippen LogP contribution in [-0.4, -0.2) is 38.8 Å². The van der Waals surface area contributed by atoms with E-state index in [1.807, 2.05) is 28.9 Å². The van der Waals surface area contributed by atoms with Gasteiger partial charge < -0.3 is 14.6 Å². The third-order valence-electron chi connectivity index (χ3n) is 7.24. The lowest BCUT2D eigenvalue weighted by molar-refractivity contribution is -0.942. The highest BCUT2D eigenvalue weighted by molar-refractivity contribution is 5.80. The second-order valence-corrected chi connectivity index (χ2v) is 9.66. The van der Waals surface area contributed by atoms with Crippen molar-refractivity contribution in [3.8, 4) is 5.75 Å². The maximum atomic E-state index is 13.5. The van der Waals surface area contributed by atoms with E-state index < -0.39 is 0 Å². The second kappa shape index (κ2) is 8.68. The molecule has 1 aliphatic rings. The van der Waals surface area contributed by atoms with Crippen LogP contribution in [0, 0.1) is 0 Å². The standard InChI is InChI=1S/C26H30N6O2/c1-5-26(2,3)32-24(28-29-30-32)23(31-13-12-17-8-6-7-9-19(17)16-31)21-14-18-10-11-20(34-4)15-22(18)27-25(21)33/h6-11,14-15,23H,5,12-13,16H2,1-4H3,(H,27,33)/p+1/t23-/m1/s1. The van der Waals surface area contributed by atoms with Gasteiger partial charge in [0.2, 0.25) is 5.82 Å². The maximum absolute atomic E-state index is 13.5. The Morgan fingerprint density at radius 1 is 1.18 bits per heavy atom. The highest BCUT2D eigenvalue weighted by atomic mass is 16.5. The van der Waals surface area contributed by atoms with Gasteiger partial charge >= 0.3 is 0 Å². The third-order valence-corrected chi connectivity index (χ3v) is 7.24. The summed E-state index contributed by atoms with van der Waals surface area (Å²) in [5.74, 6) is 1.43. The Morgan fingerprint density at radius 2 is 1.97 bits per heavy atom. The molecule has 2 N–H and O–H groups in total. The Balaban J connectivity index is 1.68. The van der Waals surface area contributed by atoms with E-state index in [9.17, 15) is 4.79 Å². The van der Waals surface area contributed by atoms with Crippen molar-refractivity contribution in [3.05, 3.63) is 81.4 Å². The molecule has 0 saturated heterocycles. The first kappa shape index (κ1) is 22.3. The lowest BCUT2D eigenvalue weighted by Crippen LogP contribution is -3.12. The Morgan fingerprint density at radius 3 is 2.74 bits per heavy atom. The molecular formula is C26H31N6O2+. The second-order valence-electron chi connectivity index (χ2n) is 9.66. The number of rotatable bonds is 6. The first-order valence-electron chi connectivity index (χ1n) is 11.8. The first-order chi connectivity index (χ1) is 16.4. The van der Waals surface area contributed by atoms with Crippen LogP contribution < -0.4 is 15.2 Å². The summed E-state index contributed by atoms with van der Waals surface area (Å²) in [4.78, 5) is 17.8. The van der Waals surface area contributed by atoms with Gasteiger partial charge in [0.05, 0.1) is 30.3 Å². The van der Waals surface area contributed by atoms with Crippen LogP contribution >= 0.6 is 0 Å². The fourth-order valence-corrected chi connectivity index (χ4v) is 4.88. The molecule has 5 rings (SSSR count). The minimum absolute atomic E-state index is 0.124. The van der Waals surface area contributed by atoms with Crippen molar-refractivity contribution in [1.82, 2.24) is 25.2 Å². The van der Waals surface area contributed by atoms with Crippen LogP contribution in [0.2, 0.25) is 0 Å². The molecule has 2 aromatic heterocycles. The molecule has 0 amide bonds. The zero-order valence-corrected chi connectivity index (χ0v) is 20.1. The number of nitrogens with zero attached hydrogens (tertiary/aromatic N) is 4. The monoisotopic (exact) mass is 459 g/mol. The van der Waals surface area contributed by atoms with Gasteiger partial charge in [0.15, 0.2) is 6.04 Å². The average molecular weight is 460 g/mol. The van der Waals surface area contributed by atoms with Gasteiger partial charge in [-0.2, -0.15) is 0 Å². The van der Waals surface area contributed by atoms with Crippen molar-refractivity contribution < 1.29 is 9.64 Å². The summed E-state index contributed by atoms with van der Waals surface area (Å²) in [5.41, 5.74) is 3.71. The van der Waals surface area contributed by atoms with Gasteiger partial charge in [-0.1, -0.05) is 31.2 Å². The highest BCUT2D eigenvalue weighted by Crippen LogP contribution is 2.26. The molecule has 1 unspecified atom stereocenters. The molecule has 4 aromatic rings. The van der Waals surface area contributed by atoms with E-state index in [1.54, 1.807) is 7.11 Å². The zero-order chi connectivity index (χ0) is 23.9. The summed E-state index contributed by atoms with van der Waals surface area (Å²) in [6, 6.07) is 16.0. The molecule has 1 aliphatic heterocycles. The summed E-state index contributed by atoms with van der Waals surface area (Å²) in [6.45, 7) is 8.07. The van der Waals surface area contributed by atoms with E-state index in [-0.39, 0.29) is 17.1 Å². The number of benzene rings is 2. The molecule has 0 radical (unpaired) electrons. The number of ether oxygens (including phenoxy) is 1. The smallest absolute Gasteiger partial charge is 0.258 e. The van der Waals surface area contributed by atoms with Gasteiger partial charge in [-0.05, 0) is 59.8 Å². The molecule has 0 saturated carbocycles. The molecule has 3 heterocycles. The molecule has 176 valence electrons. The number of fused-ring (bicyclic) bond motifs is 2. The Hall–Kier alpha value is -3.52. The van der Waals surface area contributed by atoms with Crippen LogP contribution in [-0.2, 0) is 18.5 Å². The quantitative estimate of drug-likeness (QED) is 0.462. The highest BCUT2D eigenvalue weighted by Gasteiger charge is 2.38. The van der Waals surface area contributed by atoms with Crippen LogP contribution in [0.4, 0.5) is 0 Å². The van der Waals surface area contributed by atoms with Gasteiger partial charge in [-0.15, -0.1) is 5.10 Å². The van der Waals surface area contributed by atoms with Crippen molar-refractivity contribution in [2.45, 2.75) is 51.7 Å². The summed E-state index contributed by atoms with van der Waals surface area (Å²) in [7, 11) is 1.62. The largest absolute Gasteiger partial charge is 0.497 e. The number of aromatic amines is 1. The molecule has 2 atom stereocenters. The van der Waals surface area contributed by atoms with Crippen molar-refractivity contribution in [2.75, 3.05) is 13.7 Å². The maximum Gasteiger partial charge on any atom is 0.258 e. The number of methoxy groups -OCH3 is 1. The van der Waals surface area contributed by atoms with Crippen LogP contribution in [0.15, 0.2) is 53.3 Å². The van der Waals surface area contributed by atoms with Crippen molar-refractivity contribution in [2.24, 2.45) is 0 Å². The van der Waals surface area contributed by atoms with Gasteiger partial charge in [0.1, 0.15) is 12.3 Å². The molecule has 2 aromatic carbocycles. The molecule has 0 aliphatic carbocycles. The van der Waals surface area contributed by atoms with Crippen molar-refractivity contribution in [3.63, 3.8) is 0 Å². The Labute approximate surface area is 198 Å². The van der Waals surface area contributed by atoms with Gasteiger partial charge in [-0.3, -0.25) is 4.79 Å². The van der Waals surface area contributed by atoms with E-state index in [1.165, 1.54) is 16.0 Å². The fraction of sp³-hybridized carbons (Fsp3) is 0.385. The van der Waals surface area contributed by atoms with E-state index in [4.69, 9.17) is 4.74 Å². The van der Waals surface area contributed by atoms with Gasteiger partial charge in [0.25, 0.3) is 5.56 Å². The van der Waals surface area contributed by atoms with Crippen molar-refractivity contribution >= 4 is 10.9 Å². The summed E-state index contributed by atoms with van der Waals surface area (Å²) >= 11 is 0. The third kappa shape index (κ3) is 3.88. The SMILES string of the molecule is CCC(C)(C)n1nnnc1[C@@H](c1cc2ccc(OC)cc2[nH]c1=O)[NH+]1CCc2ccccc2C1. The molecule has 8 heteroatoms. The zero-order valence-electron chi connectivity index (χ0n) is 20.1. The van der Waals surface area contributed by atoms with Gasteiger partial charge in [0, 0.05) is 18.1 Å². The van der Waals surface area contributed by atoms with E-state index in [0.29, 0.717) is 11.3 Å². The number of aromatic nitrogens is 5. The number of hydrogen-bond donors (Lipinski definition) is 2. The Bertz CT molecular complexity index is 1390. The minimum Gasteiger partial charge on any atom is -0.497 e. The normalized spacial score (nSPS) is 16.9. The predicted molar refractivity (Wildman–Crippen MR) is 130 cm³/mol. The van der Waals surface area contributed by atoms with Crippen LogP contribution in [0.25, 0.3) is 10.9 Å². The first-order valence-corrected chi connectivity index (χ1v) is 11.8. The minimum atomic E-state index is -0.301. The number of hydrogen-bond acceptors (Lipinski definition) is 5.